The van der Waals surface area contributed by atoms with Crippen LogP contribution in [0.25, 0.3) is 10.8 Å². The van der Waals surface area contributed by atoms with Crippen molar-refractivity contribution in [2.75, 3.05) is 0 Å². The number of aromatic amines is 1. The lowest BCUT2D eigenvalue weighted by Crippen LogP contribution is -2.47. The Balaban J connectivity index is 1.30. The standard InChI is InChI=1S/C23H29ClN2O2/c24-19-12-18-16(7-10-26-22(18)27)11-20(19)28-17-5-8-23(9-6-17,13-14-1-2-14)21(25)15-3-4-15/h7,10-12,14-15,17,21H,1-6,8-9,13,25H2,(H,26,27)/t17?,21-,23?/m1/s1. The summed E-state index contributed by atoms with van der Waals surface area (Å²) in [6.45, 7) is 0. The predicted molar refractivity (Wildman–Crippen MR) is 113 cm³/mol. The maximum absolute atomic E-state index is 12.0. The topological polar surface area (TPSA) is 68.1 Å². The van der Waals surface area contributed by atoms with Gasteiger partial charge in [0.15, 0.2) is 0 Å². The first-order valence-electron chi connectivity index (χ1n) is 10.8. The Morgan fingerprint density at radius 1 is 1.18 bits per heavy atom. The monoisotopic (exact) mass is 400 g/mol. The molecule has 3 fully saturated rings. The highest BCUT2D eigenvalue weighted by Crippen LogP contribution is 2.54. The van der Waals surface area contributed by atoms with E-state index in [0.717, 1.165) is 42.9 Å². The summed E-state index contributed by atoms with van der Waals surface area (Å²) in [6, 6.07) is 5.87. The number of nitrogens with two attached hydrogens (primary N) is 1. The Kier molecular flexibility index (Phi) is 4.67. The van der Waals surface area contributed by atoms with Gasteiger partial charge in [-0.05, 0) is 85.8 Å². The molecule has 0 amide bonds. The van der Waals surface area contributed by atoms with Crippen molar-refractivity contribution in [1.29, 1.82) is 0 Å². The smallest absolute Gasteiger partial charge is 0.255 e. The molecule has 0 radical (unpaired) electrons. The Morgan fingerprint density at radius 3 is 2.61 bits per heavy atom. The Bertz CT molecular complexity index is 924. The van der Waals surface area contributed by atoms with Crippen LogP contribution in [-0.2, 0) is 0 Å². The summed E-state index contributed by atoms with van der Waals surface area (Å²) in [6.07, 6.45) is 13.0. The summed E-state index contributed by atoms with van der Waals surface area (Å²) in [5.41, 5.74) is 6.97. The second-order valence-electron chi connectivity index (χ2n) is 9.37. The van der Waals surface area contributed by atoms with E-state index in [0.29, 0.717) is 27.6 Å². The van der Waals surface area contributed by atoms with Crippen LogP contribution in [0.4, 0.5) is 0 Å². The van der Waals surface area contributed by atoms with E-state index in [2.05, 4.69) is 4.98 Å². The van der Waals surface area contributed by atoms with Crippen LogP contribution in [0, 0.1) is 17.3 Å². The van der Waals surface area contributed by atoms with E-state index < -0.39 is 0 Å². The van der Waals surface area contributed by atoms with Gasteiger partial charge in [-0.3, -0.25) is 4.79 Å². The van der Waals surface area contributed by atoms with Crippen molar-refractivity contribution in [3.63, 3.8) is 0 Å². The zero-order valence-electron chi connectivity index (χ0n) is 16.3. The van der Waals surface area contributed by atoms with Gasteiger partial charge < -0.3 is 15.5 Å². The van der Waals surface area contributed by atoms with Gasteiger partial charge >= 0.3 is 0 Å². The molecule has 3 N–H and O–H groups in total. The molecule has 0 saturated heterocycles. The maximum Gasteiger partial charge on any atom is 0.255 e. The first-order valence-corrected chi connectivity index (χ1v) is 11.2. The zero-order chi connectivity index (χ0) is 19.3. The lowest BCUT2D eigenvalue weighted by atomic mass is 9.64. The van der Waals surface area contributed by atoms with Crippen LogP contribution >= 0.6 is 11.6 Å². The number of hydrogen-bond acceptors (Lipinski definition) is 3. The minimum absolute atomic E-state index is 0.123. The van der Waals surface area contributed by atoms with E-state index in [1.807, 2.05) is 12.1 Å². The molecule has 5 rings (SSSR count). The first-order chi connectivity index (χ1) is 13.5. The number of ether oxygens (including phenoxy) is 1. The molecule has 28 heavy (non-hydrogen) atoms. The minimum atomic E-state index is -0.123. The van der Waals surface area contributed by atoms with Crippen LogP contribution in [0.5, 0.6) is 5.75 Å². The number of rotatable bonds is 6. The maximum atomic E-state index is 12.0. The van der Waals surface area contributed by atoms with Crippen molar-refractivity contribution in [2.24, 2.45) is 23.0 Å². The second kappa shape index (κ2) is 7.07. The number of nitrogens with one attached hydrogen (secondary N) is 1. The number of aromatic nitrogens is 1. The molecule has 2 aromatic rings. The summed E-state index contributed by atoms with van der Waals surface area (Å²) in [5.74, 6) is 2.35. The highest BCUT2D eigenvalue weighted by atomic mass is 35.5. The number of H-pyrrole nitrogens is 1. The first kappa shape index (κ1) is 18.5. The molecule has 0 unspecified atom stereocenters. The van der Waals surface area contributed by atoms with E-state index in [-0.39, 0.29) is 11.7 Å². The van der Waals surface area contributed by atoms with E-state index in [1.54, 1.807) is 12.3 Å². The molecule has 4 nitrogen and oxygen atoms in total. The number of pyridine rings is 1. The van der Waals surface area contributed by atoms with Gasteiger partial charge in [0.25, 0.3) is 5.56 Å². The van der Waals surface area contributed by atoms with Crippen molar-refractivity contribution in [2.45, 2.75) is 69.9 Å². The number of fused-ring (bicyclic) bond motifs is 1. The lowest BCUT2D eigenvalue weighted by Gasteiger charge is -2.45. The SMILES string of the molecule is N[C@H](C1CC1)C1(CC2CC2)CCC(Oc2cc3cc[nH]c(=O)c3cc2Cl)CC1. The van der Waals surface area contributed by atoms with E-state index in [9.17, 15) is 4.79 Å². The van der Waals surface area contributed by atoms with E-state index >= 15 is 0 Å². The molecule has 1 aromatic heterocycles. The normalized spacial score (nSPS) is 29.0. The molecule has 0 aliphatic heterocycles. The molecule has 150 valence electrons. The van der Waals surface area contributed by atoms with Gasteiger partial charge in [0, 0.05) is 17.6 Å². The summed E-state index contributed by atoms with van der Waals surface area (Å²) < 4.78 is 6.32. The summed E-state index contributed by atoms with van der Waals surface area (Å²) in [7, 11) is 0. The van der Waals surface area contributed by atoms with Crippen molar-refractivity contribution < 1.29 is 4.74 Å². The van der Waals surface area contributed by atoms with E-state index in [1.165, 1.54) is 32.1 Å². The number of hydrogen-bond donors (Lipinski definition) is 2. The molecule has 0 bridgehead atoms. The zero-order valence-corrected chi connectivity index (χ0v) is 17.0. The van der Waals surface area contributed by atoms with Gasteiger partial charge in [-0.15, -0.1) is 0 Å². The molecular weight excluding hydrogens is 372 g/mol. The van der Waals surface area contributed by atoms with Crippen molar-refractivity contribution in [1.82, 2.24) is 4.98 Å². The van der Waals surface area contributed by atoms with Crippen LogP contribution in [-0.4, -0.2) is 17.1 Å². The minimum Gasteiger partial charge on any atom is -0.489 e. The Morgan fingerprint density at radius 2 is 1.93 bits per heavy atom. The van der Waals surface area contributed by atoms with Gasteiger partial charge in [0.05, 0.1) is 11.1 Å². The third-order valence-corrected chi connectivity index (χ3v) is 7.57. The molecule has 0 spiro atoms. The Labute approximate surface area is 170 Å². The van der Waals surface area contributed by atoms with Crippen LogP contribution in [0.3, 0.4) is 0 Å². The molecule has 1 atom stereocenters. The molecule has 3 saturated carbocycles. The highest BCUT2D eigenvalue weighted by molar-refractivity contribution is 6.32. The van der Waals surface area contributed by atoms with Crippen LogP contribution in [0.2, 0.25) is 5.02 Å². The molecular formula is C23H29ClN2O2. The van der Waals surface area contributed by atoms with Crippen molar-refractivity contribution in [3.8, 4) is 5.75 Å². The van der Waals surface area contributed by atoms with Gasteiger partial charge in [-0.25, -0.2) is 0 Å². The van der Waals surface area contributed by atoms with Crippen molar-refractivity contribution >= 4 is 22.4 Å². The second-order valence-corrected chi connectivity index (χ2v) is 9.77. The Hall–Kier alpha value is -1.52. The van der Waals surface area contributed by atoms with Crippen LogP contribution in [0.15, 0.2) is 29.2 Å². The molecule has 1 heterocycles. The lowest BCUT2D eigenvalue weighted by molar-refractivity contribution is 0.0447. The summed E-state index contributed by atoms with van der Waals surface area (Å²) in [4.78, 5) is 14.6. The summed E-state index contributed by atoms with van der Waals surface area (Å²) >= 11 is 6.43. The quantitative estimate of drug-likeness (QED) is 0.714. The average molecular weight is 401 g/mol. The number of benzene rings is 1. The van der Waals surface area contributed by atoms with Gasteiger partial charge in [-0.2, -0.15) is 0 Å². The third kappa shape index (κ3) is 3.57. The van der Waals surface area contributed by atoms with Gasteiger partial charge in [0.1, 0.15) is 5.75 Å². The fourth-order valence-electron chi connectivity index (χ4n) is 5.27. The highest BCUT2D eigenvalue weighted by Gasteiger charge is 2.48. The van der Waals surface area contributed by atoms with Gasteiger partial charge in [0.2, 0.25) is 0 Å². The third-order valence-electron chi connectivity index (χ3n) is 7.28. The molecule has 1 aromatic carbocycles. The number of halogens is 1. The van der Waals surface area contributed by atoms with E-state index in [4.69, 9.17) is 22.1 Å². The largest absolute Gasteiger partial charge is 0.489 e. The molecule has 3 aliphatic carbocycles. The molecule has 5 heteroatoms. The van der Waals surface area contributed by atoms with Crippen molar-refractivity contribution in [3.05, 3.63) is 39.8 Å². The fourth-order valence-corrected chi connectivity index (χ4v) is 5.48. The van der Waals surface area contributed by atoms with Gasteiger partial charge in [-0.1, -0.05) is 24.4 Å². The predicted octanol–water partition coefficient (Wildman–Crippen LogP) is 5.03. The fraction of sp³-hybridized carbons (Fsp3) is 0.609. The van der Waals surface area contributed by atoms with Crippen LogP contribution < -0.4 is 16.0 Å². The summed E-state index contributed by atoms with van der Waals surface area (Å²) in [5, 5.41) is 1.97. The average Bonchev–Trinajstić information content (AvgIpc) is 3.59. The van der Waals surface area contributed by atoms with Crippen LogP contribution in [0.1, 0.15) is 57.8 Å². The molecule has 3 aliphatic rings.